The molecule has 1 amide bonds. The first kappa shape index (κ1) is 16.3. The highest BCUT2D eigenvalue weighted by atomic mass is 32.1. The van der Waals surface area contributed by atoms with Gasteiger partial charge in [0, 0.05) is 31.7 Å². The van der Waals surface area contributed by atoms with E-state index in [1.165, 1.54) is 24.8 Å². The van der Waals surface area contributed by atoms with Crippen LogP contribution in [0.2, 0.25) is 0 Å². The third kappa shape index (κ3) is 2.84. The molecule has 4 nitrogen and oxygen atoms in total. The molecular formula is C20H28N2O2S. The van der Waals surface area contributed by atoms with Gasteiger partial charge in [0.1, 0.15) is 0 Å². The highest BCUT2D eigenvalue weighted by Crippen LogP contribution is 2.62. The van der Waals surface area contributed by atoms with Crippen LogP contribution in [0.25, 0.3) is 0 Å². The van der Waals surface area contributed by atoms with Crippen LogP contribution in [0.5, 0.6) is 0 Å². The third-order valence-corrected chi connectivity index (χ3v) is 8.05. The van der Waals surface area contributed by atoms with Crippen LogP contribution in [-0.4, -0.2) is 43.2 Å². The van der Waals surface area contributed by atoms with E-state index < -0.39 is 0 Å². The van der Waals surface area contributed by atoms with E-state index in [9.17, 15) is 4.79 Å². The topological polar surface area (TPSA) is 41.6 Å². The summed E-state index contributed by atoms with van der Waals surface area (Å²) in [5.74, 6) is 0.697. The molecule has 4 aliphatic rings. The van der Waals surface area contributed by atoms with Crippen LogP contribution in [0.15, 0.2) is 16.8 Å². The second-order valence-corrected chi connectivity index (χ2v) is 9.44. The van der Waals surface area contributed by atoms with Crippen molar-refractivity contribution in [3.05, 3.63) is 22.4 Å². The first-order valence-corrected chi connectivity index (χ1v) is 10.8. The van der Waals surface area contributed by atoms with Gasteiger partial charge in [0.2, 0.25) is 5.91 Å². The summed E-state index contributed by atoms with van der Waals surface area (Å²) in [6, 6.07) is 2.65. The fraction of sp³-hybridized carbons (Fsp3) is 0.750. The number of carbonyl (C=O) groups is 1. The smallest absolute Gasteiger partial charge is 0.226 e. The summed E-state index contributed by atoms with van der Waals surface area (Å²) in [6.07, 6.45) is 6.93. The van der Waals surface area contributed by atoms with Crippen LogP contribution < -0.4 is 5.32 Å². The molecule has 1 aromatic rings. The molecule has 3 heterocycles. The number of rotatable bonds is 4. The quantitative estimate of drug-likeness (QED) is 0.897. The maximum absolute atomic E-state index is 13.5. The van der Waals surface area contributed by atoms with Gasteiger partial charge in [0.15, 0.2) is 0 Å². The van der Waals surface area contributed by atoms with Gasteiger partial charge in [-0.3, -0.25) is 4.79 Å². The van der Waals surface area contributed by atoms with Gasteiger partial charge in [-0.05, 0) is 84.8 Å². The average molecular weight is 361 g/mol. The second-order valence-electron chi connectivity index (χ2n) is 8.66. The molecule has 2 aliphatic carbocycles. The Labute approximate surface area is 153 Å². The Kier molecular flexibility index (Phi) is 3.95. The van der Waals surface area contributed by atoms with E-state index in [2.05, 4.69) is 27.0 Å². The number of thiophene rings is 1. The van der Waals surface area contributed by atoms with Gasteiger partial charge in [0.25, 0.3) is 0 Å². The summed E-state index contributed by atoms with van der Waals surface area (Å²) in [4.78, 5) is 15.8. The first-order chi connectivity index (χ1) is 12.2. The SMILES string of the molecule is O=C([C@H]1CC12CCOCC2)N(Cc1ccsc1)[C@@H]1CC12CCNCC2. The van der Waals surface area contributed by atoms with Crippen LogP contribution in [0.3, 0.4) is 0 Å². The number of amides is 1. The van der Waals surface area contributed by atoms with Crippen molar-refractivity contribution in [2.24, 2.45) is 16.7 Å². The summed E-state index contributed by atoms with van der Waals surface area (Å²) in [5.41, 5.74) is 1.99. The highest BCUT2D eigenvalue weighted by Gasteiger charge is 2.63. The minimum absolute atomic E-state index is 0.259. The monoisotopic (exact) mass is 360 g/mol. The molecule has 136 valence electrons. The van der Waals surface area contributed by atoms with E-state index in [1.54, 1.807) is 11.3 Å². The zero-order chi connectivity index (χ0) is 16.9. The fourth-order valence-corrected chi connectivity index (χ4v) is 6.04. The van der Waals surface area contributed by atoms with E-state index in [0.717, 1.165) is 52.1 Å². The van der Waals surface area contributed by atoms with E-state index in [1.807, 2.05) is 0 Å². The van der Waals surface area contributed by atoms with Gasteiger partial charge in [-0.1, -0.05) is 0 Å². The molecule has 5 heteroatoms. The van der Waals surface area contributed by atoms with Gasteiger partial charge in [-0.25, -0.2) is 0 Å². The summed E-state index contributed by atoms with van der Waals surface area (Å²) >= 11 is 1.73. The molecule has 2 saturated carbocycles. The minimum Gasteiger partial charge on any atom is -0.381 e. The summed E-state index contributed by atoms with van der Waals surface area (Å²) in [6.45, 7) is 4.72. The van der Waals surface area contributed by atoms with Crippen LogP contribution in [0.1, 0.15) is 44.1 Å². The normalized spacial score (nSPS) is 31.8. The van der Waals surface area contributed by atoms with Crippen LogP contribution in [0, 0.1) is 16.7 Å². The molecular weight excluding hydrogens is 332 g/mol. The van der Waals surface area contributed by atoms with Crippen molar-refractivity contribution in [2.45, 2.75) is 51.1 Å². The molecule has 0 bridgehead atoms. The number of nitrogens with one attached hydrogen (secondary N) is 1. The largest absolute Gasteiger partial charge is 0.381 e. The molecule has 2 aliphatic heterocycles. The average Bonchev–Trinajstić information content (AvgIpc) is 3.43. The van der Waals surface area contributed by atoms with Crippen LogP contribution in [-0.2, 0) is 16.1 Å². The minimum atomic E-state index is 0.259. The Balaban J connectivity index is 1.34. The van der Waals surface area contributed by atoms with E-state index in [4.69, 9.17) is 4.74 Å². The number of piperidine rings is 1. The zero-order valence-corrected chi connectivity index (χ0v) is 15.7. The lowest BCUT2D eigenvalue weighted by Gasteiger charge is -2.31. The Bertz CT molecular complexity index is 632. The second kappa shape index (κ2) is 6.07. The summed E-state index contributed by atoms with van der Waals surface area (Å²) < 4.78 is 5.54. The van der Waals surface area contributed by atoms with Crippen molar-refractivity contribution < 1.29 is 9.53 Å². The van der Waals surface area contributed by atoms with Crippen LogP contribution >= 0.6 is 11.3 Å². The van der Waals surface area contributed by atoms with E-state index >= 15 is 0 Å². The lowest BCUT2D eigenvalue weighted by molar-refractivity contribution is -0.136. The molecule has 0 aromatic carbocycles. The molecule has 5 rings (SSSR count). The van der Waals surface area contributed by atoms with E-state index in [0.29, 0.717) is 17.4 Å². The van der Waals surface area contributed by atoms with Gasteiger partial charge in [-0.2, -0.15) is 11.3 Å². The maximum atomic E-state index is 13.5. The number of hydrogen-bond acceptors (Lipinski definition) is 4. The third-order valence-electron chi connectivity index (χ3n) is 7.31. The predicted octanol–water partition coefficient (Wildman–Crippen LogP) is 3.04. The summed E-state index contributed by atoms with van der Waals surface area (Å²) in [7, 11) is 0. The molecule has 1 N–H and O–H groups in total. The molecule has 2 spiro atoms. The zero-order valence-electron chi connectivity index (χ0n) is 14.8. The fourth-order valence-electron chi connectivity index (χ4n) is 5.38. The maximum Gasteiger partial charge on any atom is 0.226 e. The molecule has 2 atom stereocenters. The van der Waals surface area contributed by atoms with E-state index in [-0.39, 0.29) is 11.3 Å². The summed E-state index contributed by atoms with van der Waals surface area (Å²) in [5, 5.41) is 7.81. The Morgan fingerprint density at radius 1 is 1.20 bits per heavy atom. The number of ether oxygens (including phenoxy) is 1. The van der Waals surface area contributed by atoms with Gasteiger partial charge >= 0.3 is 0 Å². The molecule has 1 aromatic heterocycles. The van der Waals surface area contributed by atoms with Gasteiger partial charge in [-0.15, -0.1) is 0 Å². The Morgan fingerprint density at radius 3 is 2.72 bits per heavy atom. The molecule has 4 fully saturated rings. The first-order valence-electron chi connectivity index (χ1n) is 9.83. The highest BCUT2D eigenvalue weighted by molar-refractivity contribution is 7.07. The van der Waals surface area contributed by atoms with Crippen molar-refractivity contribution in [3.63, 3.8) is 0 Å². The van der Waals surface area contributed by atoms with Gasteiger partial charge in [0.05, 0.1) is 0 Å². The van der Waals surface area contributed by atoms with Crippen molar-refractivity contribution in [3.8, 4) is 0 Å². The Morgan fingerprint density at radius 2 is 2.00 bits per heavy atom. The number of carbonyl (C=O) groups excluding carboxylic acids is 1. The lowest BCUT2D eigenvalue weighted by atomic mass is 9.92. The Hall–Kier alpha value is -0.910. The number of nitrogens with zero attached hydrogens (tertiary/aromatic N) is 1. The molecule has 2 saturated heterocycles. The molecule has 0 unspecified atom stereocenters. The van der Waals surface area contributed by atoms with Crippen molar-refractivity contribution >= 4 is 17.2 Å². The van der Waals surface area contributed by atoms with Gasteiger partial charge < -0.3 is 15.0 Å². The van der Waals surface area contributed by atoms with Crippen LogP contribution in [0.4, 0.5) is 0 Å². The molecule has 0 radical (unpaired) electrons. The number of hydrogen-bond donors (Lipinski definition) is 1. The standard InChI is InChI=1S/C20H28N2O2S/c23-18(16-11-19(16)4-8-24-9-5-19)22(13-15-1-10-25-14-15)17-12-20(17)2-6-21-7-3-20/h1,10,14,16-17,21H,2-9,11-13H2/t16-,17-/m1/s1. The predicted molar refractivity (Wildman–Crippen MR) is 98.4 cm³/mol. The lowest BCUT2D eigenvalue weighted by Crippen LogP contribution is -2.40. The van der Waals surface area contributed by atoms with Crippen molar-refractivity contribution in [1.29, 1.82) is 0 Å². The van der Waals surface area contributed by atoms with Crippen molar-refractivity contribution in [2.75, 3.05) is 26.3 Å². The van der Waals surface area contributed by atoms with Crippen molar-refractivity contribution in [1.82, 2.24) is 10.2 Å². The molecule has 25 heavy (non-hydrogen) atoms.